The average molecular weight is 628 g/mol. The molecule has 1 aliphatic heterocycles. The molecule has 44 heavy (non-hydrogen) atoms. The number of rotatable bonds is 10. The van der Waals surface area contributed by atoms with Crippen LogP contribution < -0.4 is 10.1 Å². The fourth-order valence-electron chi connectivity index (χ4n) is 6.15. The SMILES string of the molecule is COc1nc(-c2cccc(-c3cccc(-c4ccc5c(CN(C)C)c[nH]c5c4)c3Cl)c2Cl)ccc1CCC[C@@H]1CCC(=O)N1. The van der Waals surface area contributed by atoms with Gasteiger partial charge in [0.25, 0.3) is 0 Å². The third-order valence-electron chi connectivity index (χ3n) is 8.34. The lowest BCUT2D eigenvalue weighted by Gasteiger charge is -2.15. The molecule has 1 atom stereocenters. The van der Waals surface area contributed by atoms with Gasteiger partial charge in [-0.1, -0.05) is 77.8 Å². The molecule has 5 aromatic rings. The normalized spacial score (nSPS) is 14.9. The van der Waals surface area contributed by atoms with E-state index in [-0.39, 0.29) is 11.9 Å². The first-order chi connectivity index (χ1) is 21.3. The highest BCUT2D eigenvalue weighted by Crippen LogP contribution is 2.43. The molecule has 6 rings (SSSR count). The molecule has 2 N–H and O–H groups in total. The molecule has 3 heterocycles. The molecule has 0 aliphatic carbocycles. The first-order valence-corrected chi connectivity index (χ1v) is 15.7. The minimum atomic E-state index is 0.151. The van der Waals surface area contributed by atoms with E-state index in [0.717, 1.165) is 76.8 Å². The summed E-state index contributed by atoms with van der Waals surface area (Å²) >= 11 is 14.2. The van der Waals surface area contributed by atoms with Crippen LogP contribution in [0.3, 0.4) is 0 Å². The van der Waals surface area contributed by atoms with Crippen LogP contribution in [0.4, 0.5) is 0 Å². The van der Waals surface area contributed by atoms with Crippen molar-refractivity contribution >= 4 is 40.0 Å². The molecule has 2 aromatic heterocycles. The summed E-state index contributed by atoms with van der Waals surface area (Å²) in [6.45, 7) is 0.870. The third kappa shape index (κ3) is 6.20. The number of halogens is 2. The summed E-state index contributed by atoms with van der Waals surface area (Å²) in [5.41, 5.74) is 8.60. The summed E-state index contributed by atoms with van der Waals surface area (Å²) in [7, 11) is 5.79. The van der Waals surface area contributed by atoms with Crippen molar-refractivity contribution in [3.05, 3.63) is 94.1 Å². The number of hydrogen-bond donors (Lipinski definition) is 2. The molecular formula is C36H36Cl2N4O2. The van der Waals surface area contributed by atoms with Gasteiger partial charge < -0.3 is 19.9 Å². The number of aryl methyl sites for hydroxylation is 1. The average Bonchev–Trinajstić information content (AvgIpc) is 3.62. The first kappa shape index (κ1) is 30.2. The number of carbonyl (C=O) groups excluding carboxylic acids is 1. The van der Waals surface area contributed by atoms with Crippen LogP contribution in [0.25, 0.3) is 44.4 Å². The number of methoxy groups -OCH3 is 1. The van der Waals surface area contributed by atoms with E-state index in [4.69, 9.17) is 32.9 Å². The molecule has 8 heteroatoms. The zero-order chi connectivity index (χ0) is 30.8. The van der Waals surface area contributed by atoms with Gasteiger partial charge in [0.15, 0.2) is 0 Å². The van der Waals surface area contributed by atoms with E-state index in [2.05, 4.69) is 59.8 Å². The first-order valence-electron chi connectivity index (χ1n) is 15.0. The molecule has 1 saturated heterocycles. The molecule has 0 saturated carbocycles. The Morgan fingerprint density at radius 2 is 1.66 bits per heavy atom. The van der Waals surface area contributed by atoms with Crippen LogP contribution in [-0.4, -0.2) is 48.0 Å². The van der Waals surface area contributed by atoms with E-state index in [9.17, 15) is 4.79 Å². The van der Waals surface area contributed by atoms with Crippen LogP contribution in [-0.2, 0) is 17.8 Å². The fourth-order valence-corrected chi connectivity index (χ4v) is 6.81. The number of amides is 1. The second-order valence-corrected chi connectivity index (χ2v) is 12.5. The van der Waals surface area contributed by atoms with Gasteiger partial charge in [-0.05, 0) is 63.0 Å². The van der Waals surface area contributed by atoms with Gasteiger partial charge in [-0.25, -0.2) is 4.98 Å². The van der Waals surface area contributed by atoms with Crippen LogP contribution in [0.5, 0.6) is 5.88 Å². The lowest BCUT2D eigenvalue weighted by molar-refractivity contribution is -0.119. The highest BCUT2D eigenvalue weighted by atomic mass is 35.5. The van der Waals surface area contributed by atoms with Gasteiger partial charge in [0, 0.05) is 63.9 Å². The molecule has 1 fully saturated rings. The van der Waals surface area contributed by atoms with Gasteiger partial charge in [-0.2, -0.15) is 0 Å². The standard InChI is InChI=1S/C36H36Cl2N4O2/c1-42(2)21-24-20-39-32-19-23(13-16-26(24)32)27-9-5-10-28(34(27)37)29-11-6-12-30(35(29)38)31-17-14-22(36(41-31)44-3)7-4-8-25-15-18-33(43)40-25/h5-6,9-14,16-17,19-20,25,39H,4,7-8,15,18,21H2,1-3H3,(H,40,43)/t25-/m1/s1. The molecular weight excluding hydrogens is 591 g/mol. The Morgan fingerprint density at radius 3 is 2.36 bits per heavy atom. The molecule has 226 valence electrons. The zero-order valence-electron chi connectivity index (χ0n) is 25.2. The maximum Gasteiger partial charge on any atom is 0.220 e. The highest BCUT2D eigenvalue weighted by Gasteiger charge is 2.21. The van der Waals surface area contributed by atoms with Crippen molar-refractivity contribution in [1.29, 1.82) is 0 Å². The number of benzene rings is 3. The minimum Gasteiger partial charge on any atom is -0.481 e. The predicted octanol–water partition coefficient (Wildman–Crippen LogP) is 8.54. The van der Waals surface area contributed by atoms with Crippen molar-refractivity contribution in [3.63, 3.8) is 0 Å². The Morgan fingerprint density at radius 1 is 0.932 bits per heavy atom. The maximum absolute atomic E-state index is 11.5. The molecule has 0 radical (unpaired) electrons. The Labute approximate surface area is 268 Å². The molecule has 3 aromatic carbocycles. The fraction of sp³-hybridized carbons (Fsp3) is 0.278. The van der Waals surface area contributed by atoms with Crippen LogP contribution in [0.1, 0.15) is 36.8 Å². The second-order valence-electron chi connectivity index (χ2n) is 11.7. The summed E-state index contributed by atoms with van der Waals surface area (Å²) in [6, 6.07) is 22.8. The molecule has 6 nitrogen and oxygen atoms in total. The number of fused-ring (bicyclic) bond motifs is 1. The molecule has 1 amide bonds. The smallest absolute Gasteiger partial charge is 0.220 e. The van der Waals surface area contributed by atoms with E-state index in [1.807, 2.05) is 42.5 Å². The largest absolute Gasteiger partial charge is 0.481 e. The number of hydrogen-bond acceptors (Lipinski definition) is 4. The number of ether oxygens (including phenoxy) is 1. The maximum atomic E-state index is 11.5. The van der Waals surface area contributed by atoms with Crippen LogP contribution in [0, 0.1) is 0 Å². The number of aromatic amines is 1. The van der Waals surface area contributed by atoms with Gasteiger partial charge >= 0.3 is 0 Å². The number of nitrogens with one attached hydrogen (secondary N) is 2. The molecule has 1 aliphatic rings. The van der Waals surface area contributed by atoms with Crippen LogP contribution in [0.15, 0.2) is 72.9 Å². The topological polar surface area (TPSA) is 70.2 Å². The Bertz CT molecular complexity index is 1830. The monoisotopic (exact) mass is 626 g/mol. The molecule has 0 spiro atoms. The lowest BCUT2D eigenvalue weighted by Crippen LogP contribution is -2.25. The van der Waals surface area contributed by atoms with E-state index in [0.29, 0.717) is 22.3 Å². The zero-order valence-corrected chi connectivity index (χ0v) is 26.7. The van der Waals surface area contributed by atoms with Gasteiger partial charge in [0.05, 0.1) is 22.8 Å². The Kier molecular flexibility index (Phi) is 8.94. The Balaban J connectivity index is 1.27. The van der Waals surface area contributed by atoms with Crippen molar-refractivity contribution in [3.8, 4) is 39.4 Å². The minimum absolute atomic E-state index is 0.151. The van der Waals surface area contributed by atoms with E-state index in [1.54, 1.807) is 7.11 Å². The van der Waals surface area contributed by atoms with E-state index in [1.165, 1.54) is 10.9 Å². The van der Waals surface area contributed by atoms with Crippen molar-refractivity contribution in [1.82, 2.24) is 20.2 Å². The number of pyridine rings is 1. The number of aromatic nitrogens is 2. The van der Waals surface area contributed by atoms with E-state index < -0.39 is 0 Å². The van der Waals surface area contributed by atoms with Gasteiger partial charge in [0.2, 0.25) is 11.8 Å². The number of carbonyl (C=O) groups is 1. The summed E-state index contributed by atoms with van der Waals surface area (Å²) in [6.07, 6.45) is 6.33. The van der Waals surface area contributed by atoms with Gasteiger partial charge in [-0.15, -0.1) is 0 Å². The number of H-pyrrole nitrogens is 1. The van der Waals surface area contributed by atoms with Crippen molar-refractivity contribution in [2.24, 2.45) is 0 Å². The summed E-state index contributed by atoms with van der Waals surface area (Å²) in [5, 5.41) is 5.48. The highest BCUT2D eigenvalue weighted by molar-refractivity contribution is 6.39. The lowest BCUT2D eigenvalue weighted by atomic mass is 9.96. The number of nitrogens with zero attached hydrogens (tertiary/aromatic N) is 2. The third-order valence-corrected chi connectivity index (χ3v) is 9.16. The predicted molar refractivity (Wildman–Crippen MR) is 180 cm³/mol. The van der Waals surface area contributed by atoms with Crippen LogP contribution >= 0.6 is 23.2 Å². The van der Waals surface area contributed by atoms with Crippen molar-refractivity contribution in [2.75, 3.05) is 21.2 Å². The summed E-state index contributed by atoms with van der Waals surface area (Å²) in [5.74, 6) is 0.742. The Hall–Kier alpha value is -3.84. The van der Waals surface area contributed by atoms with Crippen molar-refractivity contribution in [2.45, 2.75) is 44.7 Å². The summed E-state index contributed by atoms with van der Waals surface area (Å²) in [4.78, 5) is 21.9. The molecule has 0 unspecified atom stereocenters. The summed E-state index contributed by atoms with van der Waals surface area (Å²) < 4.78 is 5.69. The van der Waals surface area contributed by atoms with Gasteiger partial charge in [-0.3, -0.25) is 4.79 Å². The molecule has 0 bridgehead atoms. The van der Waals surface area contributed by atoms with Crippen LogP contribution in [0.2, 0.25) is 10.0 Å². The van der Waals surface area contributed by atoms with Gasteiger partial charge in [0.1, 0.15) is 0 Å². The van der Waals surface area contributed by atoms with E-state index >= 15 is 0 Å². The quantitative estimate of drug-likeness (QED) is 0.163. The second kappa shape index (κ2) is 13.0. The van der Waals surface area contributed by atoms with Crippen molar-refractivity contribution < 1.29 is 9.53 Å².